The van der Waals surface area contributed by atoms with Crippen LogP contribution in [0.4, 0.5) is 0 Å². The van der Waals surface area contributed by atoms with Gasteiger partial charge in [0.05, 0.1) is 0 Å². The molecule has 2 bridgehead atoms. The van der Waals surface area contributed by atoms with Crippen LogP contribution in [-0.4, -0.2) is 16.7 Å². The molecule has 0 aromatic heterocycles. The molecule has 0 aromatic rings. The number of hydrogen-bond donors (Lipinski definition) is 1. The zero-order chi connectivity index (χ0) is 7.85. The van der Waals surface area contributed by atoms with Crippen molar-refractivity contribution < 1.29 is 23.3 Å². The van der Waals surface area contributed by atoms with Gasteiger partial charge in [0.1, 0.15) is 7.77 Å². The van der Waals surface area contributed by atoms with E-state index in [0.29, 0.717) is 0 Å². The summed E-state index contributed by atoms with van der Waals surface area (Å²) in [5, 5.41) is 0.980. The minimum absolute atomic E-state index is 0.0899. The summed E-state index contributed by atoms with van der Waals surface area (Å²) < 4.78 is 20.1. The average Bonchev–Trinajstić information content (AvgIpc) is 2.34. The van der Waals surface area contributed by atoms with Gasteiger partial charge in [0.25, 0.3) is 0 Å². The van der Waals surface area contributed by atoms with Gasteiger partial charge in [-0.15, -0.1) is 5.09 Å². The summed E-state index contributed by atoms with van der Waals surface area (Å²) in [5.41, 5.74) is 0.0899. The van der Waals surface area contributed by atoms with Crippen LogP contribution in [0.5, 0.6) is 0 Å². The first-order valence-corrected chi connectivity index (χ1v) is 5.57. The van der Waals surface area contributed by atoms with Crippen molar-refractivity contribution in [3.8, 4) is 0 Å². The first-order chi connectivity index (χ1) is 5.08. The minimum Gasteiger partial charge on any atom is -0.626 e. The maximum absolute atomic E-state index is 11.1. The third-order valence-electron chi connectivity index (χ3n) is 1.75. The van der Waals surface area contributed by atoms with E-state index in [1.165, 1.54) is 0 Å². The van der Waals surface area contributed by atoms with E-state index < -0.39 is 26.8 Å². The molecule has 0 amide bonds. The van der Waals surface area contributed by atoms with Crippen molar-refractivity contribution in [2.75, 3.05) is 0 Å². The number of nitrogens with one attached hydrogen (secondary N) is 1. The van der Waals surface area contributed by atoms with Gasteiger partial charge in [-0.3, -0.25) is 0 Å². The predicted molar refractivity (Wildman–Crippen MR) is 32.6 cm³/mol. The van der Waals surface area contributed by atoms with Gasteiger partial charge in [-0.05, 0) is 0 Å². The molecule has 0 aromatic carbocycles. The minimum atomic E-state index is -3.41. The molecule has 3 heterocycles. The number of hydrogen-bond acceptors (Lipinski definition) is 5. The average molecular weight is 193 g/mol. The van der Waals surface area contributed by atoms with Gasteiger partial charge < -0.3 is 9.42 Å². The van der Waals surface area contributed by atoms with Crippen LogP contribution in [0.1, 0.15) is 0 Å². The van der Waals surface area contributed by atoms with E-state index >= 15 is 0 Å². The quantitative estimate of drug-likeness (QED) is 0.489. The Labute approximate surface area is 61.5 Å². The van der Waals surface area contributed by atoms with Crippen molar-refractivity contribution in [3.63, 3.8) is 0 Å². The number of carbonyl (C=O) groups excluding carboxylic acids is 1. The van der Waals surface area contributed by atoms with Gasteiger partial charge in [-0.2, -0.15) is 0 Å². The Morgan fingerprint density at radius 3 is 2.82 bits per heavy atom. The smallest absolute Gasteiger partial charge is 0.473 e. The Morgan fingerprint density at radius 1 is 1.64 bits per heavy atom. The lowest BCUT2D eigenvalue weighted by Gasteiger charge is -2.00. The third-order valence-corrected chi connectivity index (χ3v) is 5.19. The second-order valence-electron chi connectivity index (χ2n) is 2.39. The first kappa shape index (κ1) is 6.29. The molecule has 0 radical (unpaired) electrons. The Bertz CT molecular complexity index is 374. The Balaban J connectivity index is 2.23. The molecule has 3 rings (SSSR count). The Morgan fingerprint density at radius 2 is 2.36 bits per heavy atom. The van der Waals surface area contributed by atoms with E-state index in [9.17, 15) is 14.3 Å². The summed E-state index contributed by atoms with van der Waals surface area (Å²) in [6.07, 6.45) is 0. The van der Waals surface area contributed by atoms with Crippen LogP contribution >= 0.6 is 15.5 Å². The van der Waals surface area contributed by atoms with Crippen LogP contribution in [-0.2, 0) is 18.4 Å². The van der Waals surface area contributed by atoms with Gasteiger partial charge in [-0.1, -0.05) is 0 Å². The van der Waals surface area contributed by atoms with Crippen LogP contribution in [0, 0.1) is 0 Å². The third kappa shape index (κ3) is 0.458. The molecule has 3 aliphatic rings. The molecule has 3 aliphatic heterocycles. The van der Waals surface area contributed by atoms with E-state index in [4.69, 9.17) is 0 Å². The van der Waals surface area contributed by atoms with Crippen molar-refractivity contribution in [2.24, 2.45) is 0 Å². The van der Waals surface area contributed by atoms with Crippen LogP contribution in [0.2, 0.25) is 0 Å². The fraction of sp³-hybridized carbons (Fsp3) is 0.333. The molecule has 1 N–H and O–H groups in total. The van der Waals surface area contributed by atoms with E-state index in [1.807, 2.05) is 0 Å². The van der Waals surface area contributed by atoms with Gasteiger partial charge in [0.15, 0.2) is 0 Å². The summed E-state index contributed by atoms with van der Waals surface area (Å²) in [6.45, 7) is 0. The summed E-state index contributed by atoms with van der Waals surface area (Å²) in [5.74, 6) is -0.733. The molecular weight excluding hydrogens is 192 g/mol. The summed E-state index contributed by atoms with van der Waals surface area (Å²) >= 11 is 0. The van der Waals surface area contributed by atoms with E-state index in [0.717, 1.165) is 0 Å². The van der Waals surface area contributed by atoms with E-state index in [1.54, 1.807) is 0 Å². The highest BCUT2D eigenvalue weighted by Crippen LogP contribution is 2.74. The summed E-state index contributed by atoms with van der Waals surface area (Å²) in [7, 11) is -5.24. The molecule has 2 saturated heterocycles. The van der Waals surface area contributed by atoms with Gasteiger partial charge in [0, 0.05) is 0 Å². The predicted octanol–water partition coefficient (Wildman–Crippen LogP) is -1.13. The molecule has 3 atom stereocenters. The topological polar surface area (TPSA) is 87.7 Å². The molecular formula is C3HNO5P2. The lowest BCUT2D eigenvalue weighted by atomic mass is 10.3. The SMILES string of the molecule is O=C1OP2(=O)NC13C(=[P+]3[O-])O2. The van der Waals surface area contributed by atoms with E-state index in [-0.39, 0.29) is 5.48 Å². The van der Waals surface area contributed by atoms with Crippen molar-refractivity contribution in [3.05, 3.63) is 0 Å². The fourth-order valence-corrected chi connectivity index (χ4v) is 5.14. The monoisotopic (exact) mass is 193 g/mol. The lowest BCUT2D eigenvalue weighted by molar-refractivity contribution is -0.155. The van der Waals surface area contributed by atoms with E-state index in [2.05, 4.69) is 14.1 Å². The maximum Gasteiger partial charge on any atom is 0.473 e. The standard InChI is InChI=1S/C3HNO5P2/c5-1-3-2(10(3)6)9-11(7,4-3)8-1/h(H,4,7). The highest BCUT2D eigenvalue weighted by Gasteiger charge is 2.86. The molecule has 11 heavy (non-hydrogen) atoms. The van der Waals surface area contributed by atoms with Crippen LogP contribution < -0.4 is 9.98 Å². The van der Waals surface area contributed by atoms with Gasteiger partial charge in [-0.25, -0.2) is 13.9 Å². The summed E-state index contributed by atoms with van der Waals surface area (Å²) in [6, 6.07) is 0. The summed E-state index contributed by atoms with van der Waals surface area (Å²) in [4.78, 5) is 21.8. The van der Waals surface area contributed by atoms with Gasteiger partial charge in [0.2, 0.25) is 0 Å². The van der Waals surface area contributed by atoms with Crippen molar-refractivity contribution in [1.29, 1.82) is 0 Å². The van der Waals surface area contributed by atoms with Crippen LogP contribution in [0.15, 0.2) is 0 Å². The molecule has 0 aliphatic carbocycles. The molecule has 1 spiro atoms. The molecule has 3 unspecified atom stereocenters. The fourth-order valence-electron chi connectivity index (χ4n) is 1.17. The molecule has 58 valence electrons. The van der Waals surface area contributed by atoms with Crippen molar-refractivity contribution in [2.45, 2.75) is 5.28 Å². The van der Waals surface area contributed by atoms with Crippen LogP contribution in [0.25, 0.3) is 0 Å². The van der Waals surface area contributed by atoms with Crippen molar-refractivity contribution >= 4 is 27.0 Å². The molecule has 2 fully saturated rings. The second-order valence-corrected chi connectivity index (χ2v) is 5.64. The second kappa shape index (κ2) is 1.32. The number of rotatable bonds is 0. The molecule has 0 saturated carbocycles. The van der Waals surface area contributed by atoms with Crippen molar-refractivity contribution in [1.82, 2.24) is 5.09 Å². The highest BCUT2D eigenvalue weighted by molar-refractivity contribution is 7.73. The molecule has 6 nitrogen and oxygen atoms in total. The molecule has 8 heteroatoms. The first-order valence-electron chi connectivity index (χ1n) is 2.76. The Hall–Kier alpha value is -0.250. The largest absolute Gasteiger partial charge is 0.626 e. The Kier molecular flexibility index (Phi) is 0.756. The zero-order valence-electron chi connectivity index (χ0n) is 4.94. The number of carbonyl (C=O) groups is 1. The highest BCUT2D eigenvalue weighted by atomic mass is 31.2. The lowest BCUT2D eigenvalue weighted by Crippen LogP contribution is -2.33. The number of fused-ring (bicyclic) bond motifs is 1. The maximum atomic E-state index is 11.1. The normalized spacial score (nSPS) is 54.5. The van der Waals surface area contributed by atoms with Gasteiger partial charge >= 0.3 is 24.5 Å². The van der Waals surface area contributed by atoms with Crippen LogP contribution in [0.3, 0.4) is 0 Å². The zero-order valence-corrected chi connectivity index (χ0v) is 6.72.